The summed E-state index contributed by atoms with van der Waals surface area (Å²) in [5, 5.41) is 5.19. The Labute approximate surface area is 157 Å². The van der Waals surface area contributed by atoms with Crippen LogP contribution in [-0.4, -0.2) is 80.3 Å². The van der Waals surface area contributed by atoms with Gasteiger partial charge in [0.25, 0.3) is 0 Å². The lowest BCUT2D eigenvalue weighted by Crippen LogP contribution is -2.52. The Kier molecular flexibility index (Phi) is 8.81. The number of carbonyl (C=O) groups is 2. The molecule has 1 atom stereocenters. The molecule has 26 heavy (non-hydrogen) atoms. The third-order valence-corrected chi connectivity index (χ3v) is 5.44. The van der Waals surface area contributed by atoms with Crippen LogP contribution in [0.15, 0.2) is 0 Å². The van der Waals surface area contributed by atoms with E-state index in [1.807, 2.05) is 20.8 Å². The molecule has 0 radical (unpaired) electrons. The molecule has 2 saturated heterocycles. The standard InChI is InChI=1S/C19H36N4O3/c1-15(2)14-20-19(25)21-18(24)16(3)23-8-5-17(6-9-23)4-7-22-10-12-26-13-11-22/h15-17H,4-14H2,1-3H3,(H2,20,21,24,25). The number of amides is 3. The van der Waals surface area contributed by atoms with E-state index in [-0.39, 0.29) is 11.9 Å². The topological polar surface area (TPSA) is 73.9 Å². The first-order valence-corrected chi connectivity index (χ1v) is 10.1. The van der Waals surface area contributed by atoms with E-state index >= 15 is 0 Å². The number of nitrogens with one attached hydrogen (secondary N) is 2. The molecule has 2 rings (SSSR count). The van der Waals surface area contributed by atoms with Gasteiger partial charge in [0.1, 0.15) is 0 Å². The summed E-state index contributed by atoms with van der Waals surface area (Å²) in [6.07, 6.45) is 3.48. The number of likely N-dealkylation sites (tertiary alicyclic amines) is 1. The van der Waals surface area contributed by atoms with Crippen LogP contribution in [-0.2, 0) is 9.53 Å². The summed E-state index contributed by atoms with van der Waals surface area (Å²) in [6, 6.07) is -0.657. The zero-order valence-electron chi connectivity index (χ0n) is 16.6. The molecule has 0 aromatic rings. The Morgan fingerprint density at radius 2 is 1.73 bits per heavy atom. The maximum Gasteiger partial charge on any atom is 0.321 e. The molecule has 1 unspecified atom stereocenters. The molecule has 2 N–H and O–H groups in total. The summed E-state index contributed by atoms with van der Waals surface area (Å²) in [6.45, 7) is 13.3. The van der Waals surface area contributed by atoms with Gasteiger partial charge in [0, 0.05) is 19.6 Å². The van der Waals surface area contributed by atoms with Gasteiger partial charge >= 0.3 is 6.03 Å². The van der Waals surface area contributed by atoms with Gasteiger partial charge in [-0.2, -0.15) is 0 Å². The monoisotopic (exact) mass is 368 g/mol. The first-order valence-electron chi connectivity index (χ1n) is 10.1. The first-order chi connectivity index (χ1) is 12.5. The predicted octanol–water partition coefficient (Wildman–Crippen LogP) is 1.29. The van der Waals surface area contributed by atoms with Crippen molar-refractivity contribution in [3.63, 3.8) is 0 Å². The van der Waals surface area contributed by atoms with Crippen molar-refractivity contribution in [1.29, 1.82) is 0 Å². The van der Waals surface area contributed by atoms with Crippen molar-refractivity contribution in [3.05, 3.63) is 0 Å². The van der Waals surface area contributed by atoms with Crippen molar-refractivity contribution in [1.82, 2.24) is 20.4 Å². The van der Waals surface area contributed by atoms with Crippen molar-refractivity contribution in [3.8, 4) is 0 Å². The average molecular weight is 369 g/mol. The fourth-order valence-electron chi connectivity index (χ4n) is 3.54. The van der Waals surface area contributed by atoms with Crippen LogP contribution in [0.4, 0.5) is 4.79 Å². The summed E-state index contributed by atoms with van der Waals surface area (Å²) in [5.41, 5.74) is 0. The molecule has 0 aromatic carbocycles. The smallest absolute Gasteiger partial charge is 0.321 e. The summed E-state index contributed by atoms with van der Waals surface area (Å²) in [4.78, 5) is 28.7. The lowest BCUT2D eigenvalue weighted by Gasteiger charge is -2.36. The largest absolute Gasteiger partial charge is 0.379 e. The van der Waals surface area contributed by atoms with E-state index in [1.165, 1.54) is 6.42 Å². The van der Waals surface area contributed by atoms with Gasteiger partial charge in [-0.05, 0) is 57.7 Å². The van der Waals surface area contributed by atoms with Crippen LogP contribution in [0.1, 0.15) is 40.0 Å². The van der Waals surface area contributed by atoms with Crippen LogP contribution in [0.3, 0.4) is 0 Å². The number of imide groups is 1. The van der Waals surface area contributed by atoms with Crippen molar-refractivity contribution in [2.24, 2.45) is 11.8 Å². The third kappa shape index (κ3) is 7.21. The lowest BCUT2D eigenvalue weighted by molar-refractivity contribution is -0.125. The van der Waals surface area contributed by atoms with E-state index in [2.05, 4.69) is 20.4 Å². The fourth-order valence-corrected chi connectivity index (χ4v) is 3.54. The van der Waals surface area contributed by atoms with E-state index in [9.17, 15) is 9.59 Å². The molecule has 7 heteroatoms. The second kappa shape index (κ2) is 10.8. The van der Waals surface area contributed by atoms with Crippen LogP contribution >= 0.6 is 0 Å². The Balaban J connectivity index is 1.64. The van der Waals surface area contributed by atoms with Crippen molar-refractivity contribution in [2.45, 2.75) is 46.1 Å². The number of hydrogen-bond donors (Lipinski definition) is 2. The minimum absolute atomic E-state index is 0.210. The molecule has 0 aliphatic carbocycles. The second-order valence-corrected chi connectivity index (χ2v) is 7.99. The molecule has 0 bridgehead atoms. The number of piperidine rings is 1. The van der Waals surface area contributed by atoms with Crippen molar-refractivity contribution in [2.75, 3.05) is 52.5 Å². The highest BCUT2D eigenvalue weighted by Crippen LogP contribution is 2.22. The predicted molar refractivity (Wildman–Crippen MR) is 102 cm³/mol. The van der Waals surface area contributed by atoms with Gasteiger partial charge in [0.15, 0.2) is 0 Å². The molecule has 150 valence electrons. The fraction of sp³-hybridized carbons (Fsp3) is 0.895. The quantitative estimate of drug-likeness (QED) is 0.708. The number of rotatable bonds is 7. The van der Waals surface area contributed by atoms with Gasteiger partial charge in [0.05, 0.1) is 19.3 Å². The first kappa shape index (κ1) is 21.1. The molecule has 3 amide bonds. The van der Waals surface area contributed by atoms with E-state index in [1.54, 1.807) is 0 Å². The number of hydrogen-bond acceptors (Lipinski definition) is 5. The zero-order chi connectivity index (χ0) is 18.9. The molecule has 2 aliphatic heterocycles. The maximum atomic E-state index is 12.3. The van der Waals surface area contributed by atoms with Crippen LogP contribution in [0.25, 0.3) is 0 Å². The van der Waals surface area contributed by atoms with E-state index < -0.39 is 6.03 Å². The summed E-state index contributed by atoms with van der Waals surface area (Å²) < 4.78 is 5.39. The van der Waals surface area contributed by atoms with Crippen LogP contribution in [0.5, 0.6) is 0 Å². The average Bonchev–Trinajstić information content (AvgIpc) is 2.65. The molecule has 0 saturated carbocycles. The molecule has 2 aliphatic rings. The highest BCUT2D eigenvalue weighted by Gasteiger charge is 2.27. The van der Waals surface area contributed by atoms with Gasteiger partial charge in [-0.25, -0.2) is 4.79 Å². The van der Waals surface area contributed by atoms with Crippen molar-refractivity contribution < 1.29 is 14.3 Å². The van der Waals surface area contributed by atoms with E-state index in [0.717, 1.165) is 64.7 Å². The van der Waals surface area contributed by atoms with E-state index in [4.69, 9.17) is 4.74 Å². The van der Waals surface area contributed by atoms with Crippen LogP contribution in [0.2, 0.25) is 0 Å². The Hall–Kier alpha value is -1.18. The number of morpholine rings is 1. The molecule has 7 nitrogen and oxygen atoms in total. The molecule has 2 heterocycles. The molecular weight excluding hydrogens is 332 g/mol. The van der Waals surface area contributed by atoms with Gasteiger partial charge < -0.3 is 10.1 Å². The number of nitrogens with zero attached hydrogens (tertiary/aromatic N) is 2. The lowest BCUT2D eigenvalue weighted by atomic mass is 9.92. The van der Waals surface area contributed by atoms with Crippen molar-refractivity contribution >= 4 is 11.9 Å². The molecular formula is C19H36N4O3. The van der Waals surface area contributed by atoms with Gasteiger partial charge in [-0.15, -0.1) is 0 Å². The summed E-state index contributed by atoms with van der Waals surface area (Å²) in [7, 11) is 0. The van der Waals surface area contributed by atoms with Crippen LogP contribution < -0.4 is 10.6 Å². The summed E-state index contributed by atoms with van der Waals surface area (Å²) >= 11 is 0. The molecule has 0 aromatic heterocycles. The third-order valence-electron chi connectivity index (χ3n) is 5.44. The molecule has 2 fully saturated rings. The minimum Gasteiger partial charge on any atom is -0.379 e. The highest BCUT2D eigenvalue weighted by molar-refractivity contribution is 5.96. The van der Waals surface area contributed by atoms with Gasteiger partial charge in [-0.3, -0.25) is 19.9 Å². The minimum atomic E-state index is -0.393. The number of urea groups is 1. The van der Waals surface area contributed by atoms with Crippen LogP contribution in [0, 0.1) is 11.8 Å². The van der Waals surface area contributed by atoms with E-state index in [0.29, 0.717) is 12.5 Å². The highest BCUT2D eigenvalue weighted by atomic mass is 16.5. The number of carbonyl (C=O) groups excluding carboxylic acids is 2. The zero-order valence-corrected chi connectivity index (χ0v) is 16.6. The Morgan fingerprint density at radius 1 is 1.08 bits per heavy atom. The number of ether oxygens (including phenoxy) is 1. The molecule has 0 spiro atoms. The normalized spacial score (nSPS) is 21.5. The SMILES string of the molecule is CC(C)CNC(=O)NC(=O)C(C)N1CCC(CCN2CCOCC2)CC1. The Morgan fingerprint density at radius 3 is 2.35 bits per heavy atom. The summed E-state index contributed by atoms with van der Waals surface area (Å²) in [5.74, 6) is 0.890. The van der Waals surface area contributed by atoms with Gasteiger partial charge in [0.2, 0.25) is 5.91 Å². The maximum absolute atomic E-state index is 12.3. The Bertz CT molecular complexity index is 444. The van der Waals surface area contributed by atoms with Gasteiger partial charge in [-0.1, -0.05) is 13.8 Å². The second-order valence-electron chi connectivity index (χ2n) is 7.99.